The number of likely N-dealkylation sites (N-methyl/N-ethyl adjacent to an activating group) is 1. The van der Waals surface area contributed by atoms with Crippen LogP contribution in [0.3, 0.4) is 0 Å². The number of carbonyl (C=O) groups is 1. The van der Waals surface area contributed by atoms with E-state index in [1.165, 1.54) is 0 Å². The first-order valence-corrected chi connectivity index (χ1v) is 4.79. The van der Waals surface area contributed by atoms with Crippen LogP contribution in [0.4, 0.5) is 0 Å². The molecule has 13 heavy (non-hydrogen) atoms. The van der Waals surface area contributed by atoms with Crippen molar-refractivity contribution >= 4 is 5.91 Å². The van der Waals surface area contributed by atoms with Crippen molar-refractivity contribution in [3.8, 4) is 0 Å². The van der Waals surface area contributed by atoms with Gasteiger partial charge in [-0.2, -0.15) is 0 Å². The normalized spacial score (nSPS) is 25.2. The molecule has 0 aromatic carbocycles. The summed E-state index contributed by atoms with van der Waals surface area (Å²) in [4.78, 5) is 11.4. The Morgan fingerprint density at radius 3 is 2.92 bits per heavy atom. The van der Waals surface area contributed by atoms with Crippen LogP contribution in [-0.2, 0) is 9.53 Å². The van der Waals surface area contributed by atoms with Crippen molar-refractivity contribution in [2.24, 2.45) is 0 Å². The van der Waals surface area contributed by atoms with E-state index in [-0.39, 0.29) is 18.0 Å². The predicted molar refractivity (Wildman–Crippen MR) is 50.5 cm³/mol. The molecule has 0 aromatic rings. The topological polar surface area (TPSA) is 50.4 Å². The Hall–Kier alpha value is -0.610. The van der Waals surface area contributed by atoms with Gasteiger partial charge < -0.3 is 15.4 Å². The fourth-order valence-corrected chi connectivity index (χ4v) is 1.31. The first kappa shape index (κ1) is 10.5. The standard InChI is InChI=1S/C9H18N2O2/c1-7(10-2)9(12)11-8-4-3-5-13-6-8/h7-8,10H,3-6H2,1-2H3,(H,11,12). The average Bonchev–Trinajstić information content (AvgIpc) is 2.18. The molecule has 0 spiro atoms. The second-order valence-electron chi connectivity index (χ2n) is 3.43. The van der Waals surface area contributed by atoms with E-state index >= 15 is 0 Å². The Kier molecular flexibility index (Phi) is 4.18. The van der Waals surface area contributed by atoms with Crippen LogP contribution in [0.15, 0.2) is 0 Å². The second kappa shape index (κ2) is 5.19. The summed E-state index contributed by atoms with van der Waals surface area (Å²) in [5.74, 6) is 0.0537. The van der Waals surface area contributed by atoms with Gasteiger partial charge in [0.25, 0.3) is 0 Å². The van der Waals surface area contributed by atoms with Crippen molar-refractivity contribution in [3.63, 3.8) is 0 Å². The van der Waals surface area contributed by atoms with Gasteiger partial charge in [0.1, 0.15) is 0 Å². The molecule has 0 radical (unpaired) electrons. The highest BCUT2D eigenvalue weighted by atomic mass is 16.5. The fourth-order valence-electron chi connectivity index (χ4n) is 1.31. The molecule has 1 fully saturated rings. The lowest BCUT2D eigenvalue weighted by atomic mass is 10.1. The zero-order valence-corrected chi connectivity index (χ0v) is 8.30. The lowest BCUT2D eigenvalue weighted by Crippen LogP contribution is -2.47. The molecule has 0 aromatic heterocycles. The third kappa shape index (κ3) is 3.32. The van der Waals surface area contributed by atoms with Gasteiger partial charge in [0.15, 0.2) is 0 Å². The van der Waals surface area contributed by atoms with Gasteiger partial charge in [-0.25, -0.2) is 0 Å². The molecule has 2 N–H and O–H groups in total. The maximum absolute atomic E-state index is 11.4. The monoisotopic (exact) mass is 186 g/mol. The predicted octanol–water partition coefficient (Wildman–Crippen LogP) is -0.111. The molecule has 4 nitrogen and oxygen atoms in total. The molecule has 1 heterocycles. The molecule has 0 aliphatic carbocycles. The van der Waals surface area contributed by atoms with Crippen LogP contribution in [0, 0.1) is 0 Å². The molecule has 2 atom stereocenters. The van der Waals surface area contributed by atoms with Crippen LogP contribution in [0.1, 0.15) is 19.8 Å². The molecule has 0 saturated carbocycles. The van der Waals surface area contributed by atoms with E-state index in [0.717, 1.165) is 19.4 Å². The Morgan fingerprint density at radius 1 is 1.62 bits per heavy atom. The van der Waals surface area contributed by atoms with Crippen molar-refractivity contribution in [2.45, 2.75) is 31.8 Å². The van der Waals surface area contributed by atoms with Crippen LogP contribution >= 0.6 is 0 Å². The maximum atomic E-state index is 11.4. The van der Waals surface area contributed by atoms with E-state index in [1.54, 1.807) is 7.05 Å². The van der Waals surface area contributed by atoms with Crippen molar-refractivity contribution in [1.82, 2.24) is 10.6 Å². The summed E-state index contributed by atoms with van der Waals surface area (Å²) >= 11 is 0. The van der Waals surface area contributed by atoms with Gasteiger partial charge in [0.05, 0.1) is 18.7 Å². The first-order valence-electron chi connectivity index (χ1n) is 4.79. The highest BCUT2D eigenvalue weighted by molar-refractivity contribution is 5.81. The molecular weight excluding hydrogens is 168 g/mol. The van der Waals surface area contributed by atoms with E-state index < -0.39 is 0 Å². The summed E-state index contributed by atoms with van der Waals surface area (Å²) in [5, 5.41) is 5.84. The van der Waals surface area contributed by atoms with Gasteiger partial charge >= 0.3 is 0 Å². The summed E-state index contributed by atoms with van der Waals surface area (Å²) < 4.78 is 5.26. The third-order valence-corrected chi connectivity index (χ3v) is 2.33. The second-order valence-corrected chi connectivity index (χ2v) is 3.43. The fraction of sp³-hybridized carbons (Fsp3) is 0.889. The highest BCUT2D eigenvalue weighted by Crippen LogP contribution is 2.05. The molecule has 1 amide bonds. The minimum Gasteiger partial charge on any atom is -0.379 e. The van der Waals surface area contributed by atoms with Crippen molar-refractivity contribution < 1.29 is 9.53 Å². The summed E-state index contributed by atoms with van der Waals surface area (Å²) in [6.07, 6.45) is 2.07. The van der Waals surface area contributed by atoms with Crippen LogP contribution in [0.25, 0.3) is 0 Å². The van der Waals surface area contributed by atoms with Gasteiger partial charge in [-0.3, -0.25) is 4.79 Å². The summed E-state index contributed by atoms with van der Waals surface area (Å²) in [6.45, 7) is 3.33. The minimum absolute atomic E-state index is 0.0537. The Morgan fingerprint density at radius 2 is 2.38 bits per heavy atom. The number of ether oxygens (including phenoxy) is 1. The lowest BCUT2D eigenvalue weighted by Gasteiger charge is -2.24. The molecule has 1 aliphatic rings. The first-order chi connectivity index (χ1) is 6.24. The number of amides is 1. The third-order valence-electron chi connectivity index (χ3n) is 2.33. The van der Waals surface area contributed by atoms with Gasteiger partial charge in [0, 0.05) is 6.61 Å². The molecule has 76 valence electrons. The van der Waals surface area contributed by atoms with E-state index in [9.17, 15) is 4.79 Å². The van der Waals surface area contributed by atoms with Crippen LogP contribution in [0.5, 0.6) is 0 Å². The minimum atomic E-state index is -0.123. The number of carbonyl (C=O) groups excluding carboxylic acids is 1. The molecule has 1 aliphatic heterocycles. The summed E-state index contributed by atoms with van der Waals surface area (Å²) in [6, 6.07) is 0.0824. The van der Waals surface area contributed by atoms with Crippen LogP contribution < -0.4 is 10.6 Å². The van der Waals surface area contributed by atoms with E-state index in [2.05, 4.69) is 10.6 Å². The van der Waals surface area contributed by atoms with Crippen molar-refractivity contribution in [2.75, 3.05) is 20.3 Å². The Bertz CT molecular complexity index is 167. The zero-order chi connectivity index (χ0) is 9.68. The van der Waals surface area contributed by atoms with Gasteiger partial charge in [-0.05, 0) is 26.8 Å². The largest absolute Gasteiger partial charge is 0.379 e. The van der Waals surface area contributed by atoms with Gasteiger partial charge in [-0.1, -0.05) is 0 Å². The number of hydrogen-bond acceptors (Lipinski definition) is 3. The summed E-state index contributed by atoms with van der Waals surface area (Å²) in [7, 11) is 1.78. The smallest absolute Gasteiger partial charge is 0.237 e. The zero-order valence-electron chi connectivity index (χ0n) is 8.30. The molecule has 4 heteroatoms. The van der Waals surface area contributed by atoms with E-state index in [1.807, 2.05) is 6.92 Å². The highest BCUT2D eigenvalue weighted by Gasteiger charge is 2.18. The van der Waals surface area contributed by atoms with Crippen molar-refractivity contribution in [1.29, 1.82) is 0 Å². The number of rotatable bonds is 3. The summed E-state index contributed by atoms with van der Waals surface area (Å²) in [5.41, 5.74) is 0. The molecular formula is C9H18N2O2. The Labute approximate surface area is 79.0 Å². The number of hydrogen-bond donors (Lipinski definition) is 2. The van der Waals surface area contributed by atoms with Crippen molar-refractivity contribution in [3.05, 3.63) is 0 Å². The maximum Gasteiger partial charge on any atom is 0.237 e. The van der Waals surface area contributed by atoms with Crippen LogP contribution in [-0.4, -0.2) is 38.3 Å². The van der Waals surface area contributed by atoms with E-state index in [4.69, 9.17) is 4.74 Å². The molecule has 1 rings (SSSR count). The van der Waals surface area contributed by atoms with Gasteiger partial charge in [0.2, 0.25) is 5.91 Å². The number of nitrogens with one attached hydrogen (secondary N) is 2. The molecule has 0 bridgehead atoms. The molecule has 1 saturated heterocycles. The van der Waals surface area contributed by atoms with E-state index in [0.29, 0.717) is 6.61 Å². The SMILES string of the molecule is CNC(C)C(=O)NC1CCCOC1. The average molecular weight is 186 g/mol. The lowest BCUT2D eigenvalue weighted by molar-refractivity contribution is -0.124. The Balaban J connectivity index is 2.26. The quantitative estimate of drug-likeness (QED) is 0.646. The molecule has 2 unspecified atom stereocenters. The van der Waals surface area contributed by atoms with Gasteiger partial charge in [-0.15, -0.1) is 0 Å². The van der Waals surface area contributed by atoms with Crippen LogP contribution in [0.2, 0.25) is 0 Å².